The highest BCUT2D eigenvalue weighted by Gasteiger charge is 2.00. The van der Waals surface area contributed by atoms with E-state index in [1.807, 2.05) is 24.3 Å². The second-order valence-electron chi connectivity index (χ2n) is 2.85. The van der Waals surface area contributed by atoms with Crippen LogP contribution >= 0.6 is 0 Å². The van der Waals surface area contributed by atoms with Gasteiger partial charge in [-0.2, -0.15) is 0 Å². The van der Waals surface area contributed by atoms with Gasteiger partial charge in [-0.05, 0) is 18.6 Å². The molecule has 1 rings (SSSR count). The van der Waals surface area contributed by atoms with Gasteiger partial charge in [-0.25, -0.2) is 0 Å². The summed E-state index contributed by atoms with van der Waals surface area (Å²) in [6.45, 7) is 2.91. The molecule has 0 aromatic heterocycles. The summed E-state index contributed by atoms with van der Waals surface area (Å²) in [5, 5.41) is 0. The summed E-state index contributed by atoms with van der Waals surface area (Å²) in [6, 6.07) is 7.71. The molecule has 0 fully saturated rings. The quantitative estimate of drug-likeness (QED) is 0.649. The molecule has 1 aromatic rings. The van der Waals surface area contributed by atoms with Gasteiger partial charge in [0.1, 0.15) is 0 Å². The van der Waals surface area contributed by atoms with Gasteiger partial charge in [0.2, 0.25) is 0 Å². The zero-order valence-corrected chi connectivity index (χ0v) is 8.25. The Morgan fingerprint density at radius 1 is 1.15 bits per heavy atom. The zero-order valence-electron chi connectivity index (χ0n) is 8.25. The van der Waals surface area contributed by atoms with E-state index in [4.69, 9.17) is 9.47 Å². The molecule has 0 heterocycles. The first-order valence-electron chi connectivity index (χ1n) is 4.64. The van der Waals surface area contributed by atoms with Gasteiger partial charge in [0.15, 0.2) is 11.5 Å². The summed E-state index contributed by atoms with van der Waals surface area (Å²) >= 11 is 0. The first-order valence-corrected chi connectivity index (χ1v) is 4.64. The van der Waals surface area contributed by atoms with Crippen molar-refractivity contribution < 1.29 is 9.47 Å². The van der Waals surface area contributed by atoms with Gasteiger partial charge < -0.3 is 9.47 Å². The molecule has 0 saturated carbocycles. The van der Waals surface area contributed by atoms with Crippen molar-refractivity contribution in [2.75, 3.05) is 13.7 Å². The van der Waals surface area contributed by atoms with Crippen LogP contribution in [-0.2, 0) is 0 Å². The molecule has 0 aliphatic rings. The second-order valence-corrected chi connectivity index (χ2v) is 2.85. The van der Waals surface area contributed by atoms with Crippen molar-refractivity contribution in [3.05, 3.63) is 24.3 Å². The van der Waals surface area contributed by atoms with Crippen molar-refractivity contribution in [1.82, 2.24) is 0 Å². The molecule has 0 aliphatic carbocycles. The Kier molecular flexibility index (Phi) is 4.16. The van der Waals surface area contributed by atoms with E-state index in [0.717, 1.165) is 30.9 Å². The molecule has 0 amide bonds. The van der Waals surface area contributed by atoms with Gasteiger partial charge in [0.05, 0.1) is 13.7 Å². The van der Waals surface area contributed by atoms with Crippen LogP contribution in [0.5, 0.6) is 11.5 Å². The van der Waals surface area contributed by atoms with Crippen molar-refractivity contribution in [3.8, 4) is 11.5 Å². The fourth-order valence-electron chi connectivity index (χ4n) is 1.06. The first-order chi connectivity index (χ1) is 6.38. The van der Waals surface area contributed by atoms with Crippen LogP contribution in [0.15, 0.2) is 24.3 Å². The molecule has 2 heteroatoms. The molecule has 0 unspecified atom stereocenters. The molecule has 13 heavy (non-hydrogen) atoms. The molecule has 0 bridgehead atoms. The monoisotopic (exact) mass is 180 g/mol. The summed E-state index contributed by atoms with van der Waals surface area (Å²) in [5.41, 5.74) is 0. The van der Waals surface area contributed by atoms with Crippen molar-refractivity contribution in [1.29, 1.82) is 0 Å². The highest BCUT2D eigenvalue weighted by Crippen LogP contribution is 2.25. The molecule has 2 nitrogen and oxygen atoms in total. The lowest BCUT2D eigenvalue weighted by Gasteiger charge is -2.09. The van der Waals surface area contributed by atoms with Gasteiger partial charge >= 0.3 is 0 Å². The average molecular weight is 180 g/mol. The molecule has 0 saturated heterocycles. The van der Waals surface area contributed by atoms with E-state index in [2.05, 4.69) is 6.92 Å². The molecule has 0 aliphatic heterocycles. The number of unbranched alkanes of at least 4 members (excludes halogenated alkanes) is 1. The number of ether oxygens (including phenoxy) is 2. The largest absolute Gasteiger partial charge is 0.493 e. The molecule has 0 N–H and O–H groups in total. The highest BCUT2D eigenvalue weighted by atomic mass is 16.5. The molecule has 0 atom stereocenters. The maximum atomic E-state index is 5.54. The Balaban J connectivity index is 2.54. The van der Waals surface area contributed by atoms with Crippen LogP contribution in [0.4, 0.5) is 0 Å². The maximum Gasteiger partial charge on any atom is 0.161 e. The van der Waals surface area contributed by atoms with Gasteiger partial charge in [0.25, 0.3) is 0 Å². The smallest absolute Gasteiger partial charge is 0.161 e. The second kappa shape index (κ2) is 5.46. The number of para-hydroxylation sites is 2. The van der Waals surface area contributed by atoms with Crippen LogP contribution in [0.25, 0.3) is 0 Å². The lowest BCUT2D eigenvalue weighted by Crippen LogP contribution is -1.98. The molecule has 72 valence electrons. The topological polar surface area (TPSA) is 18.5 Å². The predicted molar refractivity (Wildman–Crippen MR) is 53.4 cm³/mol. The van der Waals surface area contributed by atoms with Gasteiger partial charge in [-0.15, -0.1) is 0 Å². The normalized spacial score (nSPS) is 9.69. The Bertz CT molecular complexity index is 246. The molecule has 0 spiro atoms. The van der Waals surface area contributed by atoms with E-state index in [9.17, 15) is 0 Å². The summed E-state index contributed by atoms with van der Waals surface area (Å²) in [5.74, 6) is 1.64. The number of methoxy groups -OCH3 is 1. The molecular weight excluding hydrogens is 164 g/mol. The summed E-state index contributed by atoms with van der Waals surface area (Å²) < 4.78 is 10.7. The molecular formula is C11H16O2. The third-order valence-corrected chi connectivity index (χ3v) is 1.82. The zero-order chi connectivity index (χ0) is 9.52. The van der Waals surface area contributed by atoms with Crippen LogP contribution in [0, 0.1) is 0 Å². The van der Waals surface area contributed by atoms with Crippen molar-refractivity contribution in [2.45, 2.75) is 19.8 Å². The van der Waals surface area contributed by atoms with E-state index in [1.54, 1.807) is 7.11 Å². The number of benzene rings is 1. The van der Waals surface area contributed by atoms with Gasteiger partial charge in [-0.1, -0.05) is 25.5 Å². The van der Waals surface area contributed by atoms with E-state index in [1.165, 1.54) is 0 Å². The Morgan fingerprint density at radius 3 is 2.46 bits per heavy atom. The van der Waals surface area contributed by atoms with E-state index in [0.29, 0.717) is 0 Å². The Morgan fingerprint density at radius 2 is 1.85 bits per heavy atom. The first kappa shape index (κ1) is 9.90. The lowest BCUT2D eigenvalue weighted by atomic mass is 10.3. The summed E-state index contributed by atoms with van der Waals surface area (Å²) in [4.78, 5) is 0. The summed E-state index contributed by atoms with van der Waals surface area (Å²) in [7, 11) is 1.65. The SMILES string of the molecule is CCCCOc1ccccc1OC. The van der Waals surface area contributed by atoms with Gasteiger partial charge in [0, 0.05) is 0 Å². The summed E-state index contributed by atoms with van der Waals surface area (Å²) in [6.07, 6.45) is 2.23. The molecule has 1 aromatic carbocycles. The maximum absolute atomic E-state index is 5.54. The highest BCUT2D eigenvalue weighted by molar-refractivity contribution is 5.39. The minimum Gasteiger partial charge on any atom is -0.493 e. The predicted octanol–water partition coefficient (Wildman–Crippen LogP) is 2.87. The van der Waals surface area contributed by atoms with Gasteiger partial charge in [-0.3, -0.25) is 0 Å². The van der Waals surface area contributed by atoms with E-state index < -0.39 is 0 Å². The Labute approximate surface area is 79.5 Å². The average Bonchev–Trinajstić information content (AvgIpc) is 2.19. The van der Waals surface area contributed by atoms with Crippen molar-refractivity contribution >= 4 is 0 Å². The molecule has 0 radical (unpaired) electrons. The van der Waals surface area contributed by atoms with Crippen LogP contribution in [-0.4, -0.2) is 13.7 Å². The van der Waals surface area contributed by atoms with Crippen molar-refractivity contribution in [2.24, 2.45) is 0 Å². The minimum atomic E-state index is 0.761. The van der Waals surface area contributed by atoms with Crippen LogP contribution in [0.2, 0.25) is 0 Å². The number of hydrogen-bond acceptors (Lipinski definition) is 2. The van der Waals surface area contributed by atoms with E-state index >= 15 is 0 Å². The standard InChI is InChI=1S/C11H16O2/c1-3-4-9-13-11-8-6-5-7-10(11)12-2/h5-8H,3-4,9H2,1-2H3. The Hall–Kier alpha value is -1.18. The third-order valence-electron chi connectivity index (χ3n) is 1.82. The minimum absolute atomic E-state index is 0.761. The third kappa shape index (κ3) is 2.98. The van der Waals surface area contributed by atoms with E-state index in [-0.39, 0.29) is 0 Å². The van der Waals surface area contributed by atoms with Crippen LogP contribution in [0.3, 0.4) is 0 Å². The fourth-order valence-corrected chi connectivity index (χ4v) is 1.06. The fraction of sp³-hybridized carbons (Fsp3) is 0.455. The van der Waals surface area contributed by atoms with Crippen LogP contribution < -0.4 is 9.47 Å². The number of hydrogen-bond donors (Lipinski definition) is 0. The van der Waals surface area contributed by atoms with Crippen molar-refractivity contribution in [3.63, 3.8) is 0 Å². The number of rotatable bonds is 5. The van der Waals surface area contributed by atoms with Crippen LogP contribution in [0.1, 0.15) is 19.8 Å². The lowest BCUT2D eigenvalue weighted by molar-refractivity contribution is 0.288.